The summed E-state index contributed by atoms with van der Waals surface area (Å²) in [7, 11) is 0. The van der Waals surface area contributed by atoms with Crippen LogP contribution in [-0.4, -0.2) is 9.38 Å². The molecule has 3 heteroatoms. The first-order chi connectivity index (χ1) is 32.2. The Hall–Kier alpha value is -8.11. The van der Waals surface area contributed by atoms with Crippen LogP contribution in [0.4, 0.5) is 0 Å². The minimum Gasteiger partial charge on any atom is -0.291 e. The second-order valence-electron chi connectivity index (χ2n) is 17.4. The highest BCUT2D eigenvalue weighted by molar-refractivity contribution is 7.26. The van der Waals surface area contributed by atoms with Crippen LogP contribution >= 0.6 is 11.3 Å². The van der Waals surface area contributed by atoms with Gasteiger partial charge in [-0.25, -0.2) is 4.98 Å². The normalized spacial score (nSPS) is 13.0. The van der Waals surface area contributed by atoms with Crippen molar-refractivity contribution in [3.8, 4) is 44.6 Å². The van der Waals surface area contributed by atoms with Crippen LogP contribution < -0.4 is 0 Å². The van der Waals surface area contributed by atoms with Gasteiger partial charge in [0.05, 0.1) is 26.8 Å². The van der Waals surface area contributed by atoms with E-state index in [1.54, 1.807) is 0 Å². The van der Waals surface area contributed by atoms with E-state index < -0.39 is 5.41 Å². The summed E-state index contributed by atoms with van der Waals surface area (Å²) >= 11 is 1.83. The number of rotatable bonds is 5. The van der Waals surface area contributed by atoms with Crippen molar-refractivity contribution in [1.82, 2.24) is 9.38 Å². The fraction of sp³-hybridized carbons (Fsp3) is 0.0161. The van der Waals surface area contributed by atoms with Crippen molar-refractivity contribution in [2.45, 2.75) is 5.41 Å². The number of imidazole rings is 1. The molecule has 10 aromatic carbocycles. The lowest BCUT2D eigenvalue weighted by atomic mass is 9.67. The maximum absolute atomic E-state index is 5.50. The lowest BCUT2D eigenvalue weighted by molar-refractivity contribution is 0.768. The minimum atomic E-state index is -0.396. The van der Waals surface area contributed by atoms with Gasteiger partial charge in [-0.2, -0.15) is 0 Å². The average molecular weight is 843 g/mol. The quantitative estimate of drug-likeness (QED) is 0.158. The summed E-state index contributed by atoms with van der Waals surface area (Å²) in [4.78, 5) is 5.50. The molecule has 1 aliphatic carbocycles. The summed E-state index contributed by atoms with van der Waals surface area (Å²) < 4.78 is 4.89. The number of fused-ring (bicyclic) bond motifs is 13. The molecule has 0 saturated heterocycles. The predicted octanol–water partition coefficient (Wildman–Crippen LogP) is 16.5. The summed E-state index contributed by atoms with van der Waals surface area (Å²) in [6, 6.07) is 85.1. The van der Waals surface area contributed by atoms with E-state index in [9.17, 15) is 0 Å². The first kappa shape index (κ1) is 36.4. The summed E-state index contributed by atoms with van der Waals surface area (Å²) in [5.74, 6) is 0. The number of pyridine rings is 1. The van der Waals surface area contributed by atoms with Crippen LogP contribution in [0.5, 0.6) is 0 Å². The van der Waals surface area contributed by atoms with E-state index in [0.717, 1.165) is 27.9 Å². The Labute approximate surface area is 380 Å². The number of aromatic nitrogens is 2. The van der Waals surface area contributed by atoms with E-state index in [2.05, 4.69) is 235 Å². The maximum Gasteiger partial charge on any atom is 0.156 e. The Kier molecular flexibility index (Phi) is 7.80. The van der Waals surface area contributed by atoms with Gasteiger partial charge in [-0.1, -0.05) is 194 Å². The molecule has 0 unspecified atom stereocenters. The molecule has 0 aliphatic heterocycles. The summed E-state index contributed by atoms with van der Waals surface area (Å²) in [5, 5.41) is 7.38. The lowest BCUT2D eigenvalue weighted by Crippen LogP contribution is -2.28. The van der Waals surface area contributed by atoms with Crippen molar-refractivity contribution in [2.24, 2.45) is 0 Å². The van der Waals surface area contributed by atoms with Gasteiger partial charge in [0.2, 0.25) is 0 Å². The first-order valence-corrected chi connectivity index (χ1v) is 23.2. The van der Waals surface area contributed by atoms with Gasteiger partial charge in [-0.15, -0.1) is 11.3 Å². The molecule has 3 aromatic heterocycles. The molecule has 0 bridgehead atoms. The third-order valence-electron chi connectivity index (χ3n) is 14.1. The van der Waals surface area contributed by atoms with E-state index >= 15 is 0 Å². The summed E-state index contributed by atoms with van der Waals surface area (Å²) in [6.07, 6.45) is 0. The number of hydrogen-bond acceptors (Lipinski definition) is 2. The Morgan fingerprint density at radius 2 is 0.969 bits per heavy atom. The molecule has 0 fully saturated rings. The highest BCUT2D eigenvalue weighted by atomic mass is 32.1. The number of thiophene rings is 1. The highest BCUT2D eigenvalue weighted by Crippen LogP contribution is 2.56. The minimum absolute atomic E-state index is 0.396. The van der Waals surface area contributed by atoms with Gasteiger partial charge in [-0.3, -0.25) is 4.40 Å². The molecule has 0 N–H and O–H groups in total. The second kappa shape index (κ2) is 13.9. The third-order valence-corrected chi connectivity index (χ3v) is 15.2. The largest absolute Gasteiger partial charge is 0.291 e. The van der Waals surface area contributed by atoms with Gasteiger partial charge in [0.15, 0.2) is 5.65 Å². The Morgan fingerprint density at radius 1 is 0.385 bits per heavy atom. The van der Waals surface area contributed by atoms with E-state index in [1.165, 1.54) is 97.4 Å². The van der Waals surface area contributed by atoms with Crippen LogP contribution in [0.25, 0.3) is 103 Å². The highest BCUT2D eigenvalue weighted by Gasteiger charge is 2.46. The monoisotopic (exact) mass is 842 g/mol. The topological polar surface area (TPSA) is 17.3 Å². The van der Waals surface area contributed by atoms with Crippen molar-refractivity contribution in [3.05, 3.63) is 253 Å². The molecule has 14 rings (SSSR count). The predicted molar refractivity (Wildman–Crippen MR) is 274 cm³/mol. The second-order valence-corrected chi connectivity index (χ2v) is 18.5. The van der Waals surface area contributed by atoms with Crippen molar-refractivity contribution in [3.63, 3.8) is 0 Å². The average Bonchev–Trinajstić information content (AvgIpc) is 4.05. The molecule has 3 heterocycles. The van der Waals surface area contributed by atoms with Crippen molar-refractivity contribution >= 4 is 69.7 Å². The van der Waals surface area contributed by atoms with Gasteiger partial charge in [0, 0.05) is 20.9 Å². The van der Waals surface area contributed by atoms with Gasteiger partial charge < -0.3 is 0 Å². The maximum atomic E-state index is 5.50. The number of nitrogens with zero attached hydrogens (tertiary/aromatic N) is 2. The van der Waals surface area contributed by atoms with Crippen LogP contribution in [0.3, 0.4) is 0 Å². The molecule has 0 spiro atoms. The lowest BCUT2D eigenvalue weighted by Gasteiger charge is -2.33. The van der Waals surface area contributed by atoms with Gasteiger partial charge in [0.25, 0.3) is 0 Å². The van der Waals surface area contributed by atoms with E-state index in [1.807, 2.05) is 11.3 Å². The number of benzene rings is 10. The number of hydrogen-bond donors (Lipinski definition) is 0. The molecule has 0 radical (unpaired) electrons. The standard InChI is InChI=1S/C62H38N2S/c1-3-15-47(16-4-1)62(48-17-5-2-6-18-48)54-21-11-9-19-49(54)52-37-45(31-33-55(52)62)41-25-23-39(24-26-41)40-27-29-42(30-28-40)57-38-53-50-20-10-12-22-58(50)65-60(53)61-63-59-51-36-44-14-8-7-13-43(44)35-46(51)32-34-56(59)64(57)61/h1-38H. The SMILES string of the molecule is c1ccc(C2(c3ccccc3)c3ccccc3-c3cc(-c4ccc(-c5ccc(-c6cc7c8ccccc8sc7c7nc8c9cc%10ccccc%10cc9ccc8n67)cc5)cc4)ccc32)cc1. The summed E-state index contributed by atoms with van der Waals surface area (Å²) in [6.45, 7) is 0. The van der Waals surface area contributed by atoms with Crippen molar-refractivity contribution in [2.75, 3.05) is 0 Å². The van der Waals surface area contributed by atoms with E-state index in [0.29, 0.717) is 0 Å². The molecular weight excluding hydrogens is 805 g/mol. The Bertz CT molecular complexity index is 3990. The first-order valence-electron chi connectivity index (χ1n) is 22.4. The molecule has 2 nitrogen and oxygen atoms in total. The Balaban J connectivity index is 0.858. The fourth-order valence-corrected chi connectivity index (χ4v) is 12.2. The van der Waals surface area contributed by atoms with Crippen molar-refractivity contribution in [1.29, 1.82) is 0 Å². The van der Waals surface area contributed by atoms with Crippen molar-refractivity contribution < 1.29 is 0 Å². The third kappa shape index (κ3) is 5.31. The Morgan fingerprint density at radius 3 is 1.71 bits per heavy atom. The summed E-state index contributed by atoms with van der Waals surface area (Å²) in [5.41, 5.74) is 17.7. The smallest absolute Gasteiger partial charge is 0.156 e. The molecule has 13 aromatic rings. The molecule has 302 valence electrons. The van der Waals surface area contributed by atoms with Crippen LogP contribution in [0.2, 0.25) is 0 Å². The zero-order valence-electron chi connectivity index (χ0n) is 35.2. The zero-order chi connectivity index (χ0) is 42.6. The van der Waals surface area contributed by atoms with Crippen LogP contribution in [0.1, 0.15) is 22.3 Å². The van der Waals surface area contributed by atoms with Gasteiger partial charge >= 0.3 is 0 Å². The molecule has 0 atom stereocenters. The van der Waals surface area contributed by atoms with Crippen LogP contribution in [0, 0.1) is 0 Å². The fourth-order valence-electron chi connectivity index (χ4n) is 11.1. The van der Waals surface area contributed by atoms with E-state index in [-0.39, 0.29) is 0 Å². The molecular formula is C62H38N2S. The van der Waals surface area contributed by atoms with Crippen LogP contribution in [0.15, 0.2) is 231 Å². The van der Waals surface area contributed by atoms with Crippen LogP contribution in [-0.2, 0) is 5.41 Å². The molecule has 65 heavy (non-hydrogen) atoms. The van der Waals surface area contributed by atoms with Gasteiger partial charge in [0.1, 0.15) is 0 Å². The van der Waals surface area contributed by atoms with E-state index in [4.69, 9.17) is 4.98 Å². The van der Waals surface area contributed by atoms with Gasteiger partial charge in [-0.05, 0) is 114 Å². The zero-order valence-corrected chi connectivity index (χ0v) is 36.1. The molecule has 0 amide bonds. The molecule has 1 aliphatic rings. The molecule has 0 saturated carbocycles.